The molecule has 3 aromatic carbocycles. The lowest BCUT2D eigenvalue weighted by Crippen LogP contribution is -2.60. The second kappa shape index (κ2) is 14.4. The van der Waals surface area contributed by atoms with Gasteiger partial charge in [-0.2, -0.15) is 0 Å². The van der Waals surface area contributed by atoms with E-state index < -0.39 is 43.3 Å². The van der Waals surface area contributed by atoms with Gasteiger partial charge in [-0.15, -0.1) is 0 Å². The first-order valence-corrected chi connectivity index (χ1v) is 16.3. The summed E-state index contributed by atoms with van der Waals surface area (Å²) in [5.74, 6) is 1.38. The Morgan fingerprint density at radius 3 is 2.06 bits per heavy atom. The molecule has 3 saturated heterocycles. The summed E-state index contributed by atoms with van der Waals surface area (Å²) in [4.78, 5) is 17.2. The van der Waals surface area contributed by atoms with Crippen molar-refractivity contribution in [3.8, 4) is 23.0 Å². The fourth-order valence-corrected chi connectivity index (χ4v) is 7.02. The molecule has 50 heavy (non-hydrogen) atoms. The number of carbonyl (C=O) groups is 1. The van der Waals surface area contributed by atoms with Gasteiger partial charge in [0.1, 0.15) is 31.0 Å². The Kier molecular flexibility index (Phi) is 9.78. The molecule has 0 unspecified atom stereocenters. The van der Waals surface area contributed by atoms with Crippen molar-refractivity contribution in [3.63, 3.8) is 0 Å². The van der Waals surface area contributed by atoms with Gasteiger partial charge in [0.25, 0.3) is 0 Å². The Morgan fingerprint density at radius 2 is 1.40 bits per heavy atom. The molecule has 0 saturated carbocycles. The van der Waals surface area contributed by atoms with Crippen LogP contribution in [0, 0.1) is 11.8 Å². The zero-order valence-electron chi connectivity index (χ0n) is 27.7. The molecule has 13 heteroatoms. The molecular formula is C37H39NO12. The van der Waals surface area contributed by atoms with Gasteiger partial charge in [0.15, 0.2) is 23.0 Å². The minimum absolute atomic E-state index is 0.0818. The van der Waals surface area contributed by atoms with E-state index in [1.54, 1.807) is 62.9 Å². The Bertz CT molecular complexity index is 1830. The Morgan fingerprint density at radius 1 is 0.760 bits per heavy atom. The average Bonchev–Trinajstić information content (AvgIpc) is 3.77. The molecule has 0 radical (unpaired) electrons. The van der Waals surface area contributed by atoms with Crippen molar-refractivity contribution in [2.24, 2.45) is 11.8 Å². The van der Waals surface area contributed by atoms with Gasteiger partial charge < -0.3 is 53.2 Å². The van der Waals surface area contributed by atoms with Crippen molar-refractivity contribution in [1.82, 2.24) is 4.98 Å². The van der Waals surface area contributed by atoms with E-state index in [9.17, 15) is 20.1 Å². The van der Waals surface area contributed by atoms with E-state index in [1.807, 2.05) is 24.3 Å². The van der Waals surface area contributed by atoms with Gasteiger partial charge in [-0.3, -0.25) is 4.98 Å². The summed E-state index contributed by atoms with van der Waals surface area (Å²) in [6.07, 6.45) is -6.25. The number of aliphatic hydroxyl groups is 3. The molecule has 3 aliphatic rings. The summed E-state index contributed by atoms with van der Waals surface area (Å²) in [6.45, 7) is 0.589. The highest BCUT2D eigenvalue weighted by Crippen LogP contribution is 2.51. The molecule has 3 aliphatic heterocycles. The maximum absolute atomic E-state index is 13.0. The molecular weight excluding hydrogens is 650 g/mol. The van der Waals surface area contributed by atoms with Crippen LogP contribution in [0.3, 0.4) is 0 Å². The maximum atomic E-state index is 13.0. The molecule has 7 rings (SSSR count). The number of aromatic nitrogens is 1. The van der Waals surface area contributed by atoms with E-state index >= 15 is 0 Å². The Hall–Kier alpha value is -4.50. The van der Waals surface area contributed by atoms with Gasteiger partial charge in [-0.05, 0) is 53.6 Å². The molecule has 4 heterocycles. The molecule has 13 nitrogen and oxygen atoms in total. The van der Waals surface area contributed by atoms with Crippen molar-refractivity contribution >= 4 is 16.9 Å². The lowest BCUT2D eigenvalue weighted by molar-refractivity contribution is -0.277. The number of ether oxygens (including phenoxy) is 8. The third-order valence-corrected chi connectivity index (χ3v) is 9.67. The number of methoxy groups -OCH3 is 3. The van der Waals surface area contributed by atoms with Crippen LogP contribution in [0.1, 0.15) is 33.7 Å². The monoisotopic (exact) mass is 689 g/mol. The maximum Gasteiger partial charge on any atom is 0.338 e. The van der Waals surface area contributed by atoms with Crippen LogP contribution in [-0.4, -0.2) is 98.1 Å². The topological polar surface area (TPSA) is 164 Å². The number of rotatable bonds is 10. The summed E-state index contributed by atoms with van der Waals surface area (Å²) in [5.41, 5.74) is 2.75. The van der Waals surface area contributed by atoms with Crippen molar-refractivity contribution in [2.45, 2.75) is 42.9 Å². The molecule has 1 aromatic heterocycles. The summed E-state index contributed by atoms with van der Waals surface area (Å²) < 4.78 is 46.4. The number of nitrogens with zero attached hydrogens (tertiary/aromatic N) is 1. The third-order valence-electron chi connectivity index (χ3n) is 9.67. The SMILES string of the molecule is COc1ccc([C@H]2OC[C@@H]3[C@H]2CO[C@@H]3c2ccc(O[C@@H]3O[C@@H](COC(=O)c4cccc5ncccc45)[C@H](O)[C@@H](O)[C@@H]3O)c(OC)c2)cc1OC. The largest absolute Gasteiger partial charge is 0.493 e. The van der Waals surface area contributed by atoms with E-state index in [4.69, 9.17) is 37.9 Å². The van der Waals surface area contributed by atoms with Crippen LogP contribution in [0.4, 0.5) is 0 Å². The van der Waals surface area contributed by atoms with Crippen LogP contribution in [-0.2, 0) is 18.9 Å². The number of benzene rings is 3. The minimum Gasteiger partial charge on any atom is -0.493 e. The highest BCUT2D eigenvalue weighted by atomic mass is 16.7. The number of aliphatic hydroxyl groups excluding tert-OH is 3. The molecule has 3 fully saturated rings. The fraction of sp³-hybridized carbons (Fsp3) is 0.405. The number of esters is 1. The lowest BCUT2D eigenvalue weighted by atomic mass is 9.85. The lowest BCUT2D eigenvalue weighted by Gasteiger charge is -2.40. The second-order valence-corrected chi connectivity index (χ2v) is 12.5. The highest BCUT2D eigenvalue weighted by molar-refractivity contribution is 6.03. The molecule has 0 amide bonds. The number of carbonyl (C=O) groups excluding carboxylic acids is 1. The van der Waals surface area contributed by atoms with E-state index in [2.05, 4.69) is 4.98 Å². The summed E-state index contributed by atoms with van der Waals surface area (Å²) in [7, 11) is 4.68. The van der Waals surface area contributed by atoms with Crippen LogP contribution in [0.15, 0.2) is 72.9 Å². The minimum atomic E-state index is -1.64. The molecule has 4 aromatic rings. The normalized spacial score (nSPS) is 29.0. The summed E-state index contributed by atoms with van der Waals surface area (Å²) >= 11 is 0. The van der Waals surface area contributed by atoms with E-state index in [1.165, 1.54) is 7.11 Å². The molecule has 0 aliphatic carbocycles. The van der Waals surface area contributed by atoms with Crippen LogP contribution >= 0.6 is 0 Å². The van der Waals surface area contributed by atoms with Gasteiger partial charge in [0.2, 0.25) is 6.29 Å². The quantitative estimate of drug-likeness (QED) is 0.208. The molecule has 0 bridgehead atoms. The molecule has 3 N–H and O–H groups in total. The van der Waals surface area contributed by atoms with E-state index in [0.29, 0.717) is 41.4 Å². The first-order valence-electron chi connectivity index (χ1n) is 16.3. The van der Waals surface area contributed by atoms with Crippen LogP contribution in [0.5, 0.6) is 23.0 Å². The first-order chi connectivity index (χ1) is 24.3. The second-order valence-electron chi connectivity index (χ2n) is 12.5. The van der Waals surface area contributed by atoms with E-state index in [0.717, 1.165) is 11.1 Å². The molecule has 264 valence electrons. The zero-order valence-corrected chi connectivity index (χ0v) is 27.7. The van der Waals surface area contributed by atoms with Gasteiger partial charge >= 0.3 is 5.97 Å². The van der Waals surface area contributed by atoms with Gasteiger partial charge in [-0.1, -0.05) is 24.3 Å². The first kappa shape index (κ1) is 34.0. The van der Waals surface area contributed by atoms with Crippen molar-refractivity contribution < 1.29 is 58.0 Å². The Labute approximate surface area is 288 Å². The average molecular weight is 690 g/mol. The van der Waals surface area contributed by atoms with Crippen molar-refractivity contribution in [3.05, 3.63) is 89.6 Å². The predicted octanol–water partition coefficient (Wildman–Crippen LogP) is 3.38. The third kappa shape index (κ3) is 6.32. The zero-order chi connectivity index (χ0) is 34.9. The standard InChI is InChI=1S/C37H39NO12/c1-43-26-11-9-19(14-28(26)44-2)34-23-16-47-35(24(23)17-46-34)20-10-12-27(29(15-20)45-3)49-37-33(41)32(40)31(39)30(50-37)18-48-36(42)22-6-4-8-25-21(22)7-5-13-38-25/h4-15,23-24,30-35,37,39-41H,16-18H2,1-3H3/t23-,24-,30+,31+,32-,33+,34-,35-,37-/m1/s1. The number of pyridine rings is 1. The fourth-order valence-electron chi connectivity index (χ4n) is 7.02. The predicted molar refractivity (Wildman–Crippen MR) is 176 cm³/mol. The van der Waals surface area contributed by atoms with E-state index in [-0.39, 0.29) is 35.4 Å². The van der Waals surface area contributed by atoms with Crippen LogP contribution in [0.25, 0.3) is 10.9 Å². The highest BCUT2D eigenvalue weighted by Gasteiger charge is 2.49. The molecule has 9 atom stereocenters. The van der Waals surface area contributed by atoms with Crippen LogP contribution < -0.4 is 18.9 Å². The van der Waals surface area contributed by atoms with Gasteiger partial charge in [-0.25, -0.2) is 4.79 Å². The molecule has 0 spiro atoms. The summed E-state index contributed by atoms with van der Waals surface area (Å²) in [5, 5.41) is 32.7. The Balaban J connectivity index is 1.03. The number of hydrogen-bond acceptors (Lipinski definition) is 13. The van der Waals surface area contributed by atoms with Gasteiger partial charge in [0, 0.05) is 23.4 Å². The number of fused-ring (bicyclic) bond motifs is 2. The van der Waals surface area contributed by atoms with Crippen molar-refractivity contribution in [1.29, 1.82) is 0 Å². The van der Waals surface area contributed by atoms with Crippen LogP contribution in [0.2, 0.25) is 0 Å². The summed E-state index contributed by atoms with van der Waals surface area (Å²) in [6, 6.07) is 19.6. The van der Waals surface area contributed by atoms with Gasteiger partial charge in [0.05, 0.1) is 57.8 Å². The smallest absolute Gasteiger partial charge is 0.338 e. The van der Waals surface area contributed by atoms with Crippen molar-refractivity contribution in [2.75, 3.05) is 41.2 Å². The number of hydrogen-bond donors (Lipinski definition) is 3.